The molecule has 3 N–H and O–H groups in total. The van der Waals surface area contributed by atoms with Crippen molar-refractivity contribution in [2.24, 2.45) is 5.14 Å². The van der Waals surface area contributed by atoms with E-state index >= 15 is 0 Å². The number of aromatic nitrogens is 1. The van der Waals surface area contributed by atoms with Crippen molar-refractivity contribution in [1.29, 1.82) is 0 Å². The van der Waals surface area contributed by atoms with Crippen molar-refractivity contribution in [2.75, 3.05) is 5.32 Å². The topological polar surface area (TPSA) is 102 Å². The van der Waals surface area contributed by atoms with Crippen LogP contribution in [0.15, 0.2) is 41.6 Å². The summed E-state index contributed by atoms with van der Waals surface area (Å²) in [6, 6.07) is 4.74. The smallest absolute Gasteiger partial charge is 0.258 e. The second-order valence-electron chi connectivity index (χ2n) is 4.00. The van der Waals surface area contributed by atoms with Crippen LogP contribution in [0.2, 0.25) is 5.02 Å². The Kier molecular flexibility index (Phi) is 4.21. The number of halogens is 2. The lowest BCUT2D eigenvalue weighted by Crippen LogP contribution is -2.15. The molecular weight excluding hydrogens is 321 g/mol. The summed E-state index contributed by atoms with van der Waals surface area (Å²) in [4.78, 5) is 15.2. The number of sulfonamides is 1. The predicted octanol–water partition coefficient (Wildman–Crippen LogP) is 1.77. The van der Waals surface area contributed by atoms with Crippen LogP contribution in [0.4, 0.5) is 10.1 Å². The van der Waals surface area contributed by atoms with Crippen molar-refractivity contribution in [2.45, 2.75) is 4.90 Å². The van der Waals surface area contributed by atoms with Crippen molar-refractivity contribution in [1.82, 2.24) is 4.98 Å². The minimum Gasteiger partial charge on any atom is -0.321 e. The molecule has 0 aliphatic rings. The van der Waals surface area contributed by atoms with Crippen molar-refractivity contribution in [3.05, 3.63) is 53.1 Å². The monoisotopic (exact) mass is 329 g/mol. The quantitative estimate of drug-likeness (QED) is 0.895. The molecule has 9 heteroatoms. The largest absolute Gasteiger partial charge is 0.321 e. The fourth-order valence-corrected chi connectivity index (χ4v) is 2.36. The maximum Gasteiger partial charge on any atom is 0.258 e. The molecule has 0 saturated heterocycles. The number of anilines is 1. The van der Waals surface area contributed by atoms with E-state index in [1.807, 2.05) is 0 Å². The summed E-state index contributed by atoms with van der Waals surface area (Å²) in [6.45, 7) is 0. The van der Waals surface area contributed by atoms with Crippen molar-refractivity contribution >= 4 is 33.2 Å². The van der Waals surface area contributed by atoms with Gasteiger partial charge in [0.2, 0.25) is 10.0 Å². The van der Waals surface area contributed by atoms with Crippen LogP contribution in [0, 0.1) is 5.82 Å². The highest BCUT2D eigenvalue weighted by atomic mass is 35.5. The van der Waals surface area contributed by atoms with Crippen LogP contribution in [0.1, 0.15) is 10.4 Å². The Bertz CT molecular complexity index is 811. The minimum atomic E-state index is -3.89. The lowest BCUT2D eigenvalue weighted by Gasteiger charge is -2.08. The molecule has 1 heterocycles. The zero-order chi connectivity index (χ0) is 15.6. The summed E-state index contributed by atoms with van der Waals surface area (Å²) in [5.41, 5.74) is -0.0816. The highest BCUT2D eigenvalue weighted by Crippen LogP contribution is 2.25. The standard InChI is InChI=1S/C12H9ClFN3O3S/c13-9-5-7(21(15,19)20)1-2-11(9)17-12(18)8-3-4-16-6-10(8)14/h1-6H,(H,17,18)(H2,15,19,20). The molecule has 1 aromatic carbocycles. The number of nitrogens with one attached hydrogen (secondary N) is 1. The summed E-state index contributed by atoms with van der Waals surface area (Å²) in [5, 5.41) is 7.29. The van der Waals surface area contributed by atoms with Gasteiger partial charge in [0.25, 0.3) is 5.91 Å². The van der Waals surface area contributed by atoms with Gasteiger partial charge in [-0.15, -0.1) is 0 Å². The number of amides is 1. The first kappa shape index (κ1) is 15.4. The highest BCUT2D eigenvalue weighted by Gasteiger charge is 2.15. The SMILES string of the molecule is NS(=O)(=O)c1ccc(NC(=O)c2ccncc2F)c(Cl)c1. The first-order valence-corrected chi connectivity index (χ1v) is 7.44. The first-order chi connectivity index (χ1) is 9.79. The molecule has 0 fully saturated rings. The van der Waals surface area contributed by atoms with Gasteiger partial charge >= 0.3 is 0 Å². The van der Waals surface area contributed by atoms with Crippen molar-refractivity contribution in [3.63, 3.8) is 0 Å². The van der Waals surface area contributed by atoms with E-state index in [2.05, 4.69) is 10.3 Å². The van der Waals surface area contributed by atoms with Gasteiger partial charge in [0.15, 0.2) is 5.82 Å². The molecule has 1 aromatic heterocycles. The number of hydrogen-bond donors (Lipinski definition) is 2. The van der Waals surface area contributed by atoms with Crippen LogP contribution in [0.25, 0.3) is 0 Å². The zero-order valence-electron chi connectivity index (χ0n) is 10.4. The Balaban J connectivity index is 2.29. The summed E-state index contributed by atoms with van der Waals surface area (Å²) < 4.78 is 35.7. The molecule has 0 bridgehead atoms. The third-order valence-electron chi connectivity index (χ3n) is 2.53. The van der Waals surface area contributed by atoms with E-state index in [4.69, 9.17) is 16.7 Å². The molecule has 1 amide bonds. The average molecular weight is 330 g/mol. The number of nitrogens with zero attached hydrogens (tertiary/aromatic N) is 1. The van der Waals surface area contributed by atoms with Crippen LogP contribution < -0.4 is 10.5 Å². The number of nitrogens with two attached hydrogens (primary N) is 1. The first-order valence-electron chi connectivity index (χ1n) is 5.52. The summed E-state index contributed by atoms with van der Waals surface area (Å²) in [7, 11) is -3.89. The summed E-state index contributed by atoms with van der Waals surface area (Å²) in [5.74, 6) is -1.52. The minimum absolute atomic E-state index is 0.0376. The van der Waals surface area contributed by atoms with Gasteiger partial charge in [0.1, 0.15) is 0 Å². The fraction of sp³-hybridized carbons (Fsp3) is 0. The molecular formula is C12H9ClFN3O3S. The molecule has 21 heavy (non-hydrogen) atoms. The molecule has 0 spiro atoms. The molecule has 110 valence electrons. The van der Waals surface area contributed by atoms with Crippen molar-refractivity contribution < 1.29 is 17.6 Å². The highest BCUT2D eigenvalue weighted by molar-refractivity contribution is 7.89. The Morgan fingerprint density at radius 2 is 2.05 bits per heavy atom. The van der Waals surface area contributed by atoms with Gasteiger partial charge in [-0.25, -0.2) is 17.9 Å². The third kappa shape index (κ3) is 3.54. The summed E-state index contributed by atoms with van der Waals surface area (Å²) in [6.07, 6.45) is 2.17. The molecule has 2 aromatic rings. The van der Waals surface area contributed by atoms with E-state index in [1.165, 1.54) is 24.4 Å². The molecule has 0 radical (unpaired) electrons. The van der Waals surface area contributed by atoms with E-state index in [1.54, 1.807) is 0 Å². The van der Waals surface area contributed by atoms with Crippen LogP contribution in [0.5, 0.6) is 0 Å². The zero-order valence-corrected chi connectivity index (χ0v) is 12.0. The normalized spacial score (nSPS) is 11.2. The Labute approximate surface area is 124 Å². The van der Waals surface area contributed by atoms with E-state index < -0.39 is 21.7 Å². The van der Waals surface area contributed by atoms with Gasteiger partial charge in [-0.3, -0.25) is 9.78 Å². The van der Waals surface area contributed by atoms with Crippen LogP contribution in [-0.4, -0.2) is 19.3 Å². The molecule has 0 atom stereocenters. The van der Waals surface area contributed by atoms with Gasteiger partial charge < -0.3 is 5.32 Å². The predicted molar refractivity (Wildman–Crippen MR) is 75.0 cm³/mol. The maximum absolute atomic E-state index is 13.4. The van der Waals surface area contributed by atoms with Gasteiger partial charge in [-0.05, 0) is 24.3 Å². The van der Waals surface area contributed by atoms with Crippen LogP contribution >= 0.6 is 11.6 Å². The maximum atomic E-state index is 13.4. The number of carbonyl (C=O) groups excluding carboxylic acids is 1. The summed E-state index contributed by atoms with van der Waals surface area (Å²) >= 11 is 5.87. The van der Waals surface area contributed by atoms with Gasteiger partial charge in [-0.1, -0.05) is 11.6 Å². The number of benzene rings is 1. The fourth-order valence-electron chi connectivity index (χ4n) is 1.52. The molecule has 0 saturated carbocycles. The van der Waals surface area contributed by atoms with E-state index in [0.29, 0.717) is 0 Å². The Morgan fingerprint density at radius 1 is 1.33 bits per heavy atom. The van der Waals surface area contributed by atoms with Crippen molar-refractivity contribution in [3.8, 4) is 0 Å². The van der Waals surface area contributed by atoms with Gasteiger partial charge in [0.05, 0.1) is 27.4 Å². The number of primary sulfonamides is 1. The number of hydrogen-bond acceptors (Lipinski definition) is 4. The van der Waals surface area contributed by atoms with E-state index in [0.717, 1.165) is 12.3 Å². The molecule has 0 aliphatic heterocycles. The lowest BCUT2D eigenvalue weighted by molar-refractivity contribution is 0.102. The second kappa shape index (κ2) is 5.76. The molecule has 6 nitrogen and oxygen atoms in total. The number of carbonyl (C=O) groups is 1. The Hall–Kier alpha value is -2.03. The average Bonchev–Trinajstić information content (AvgIpc) is 2.40. The van der Waals surface area contributed by atoms with Crippen LogP contribution in [-0.2, 0) is 10.0 Å². The molecule has 2 rings (SSSR count). The third-order valence-corrected chi connectivity index (χ3v) is 3.76. The van der Waals surface area contributed by atoms with Crippen LogP contribution in [0.3, 0.4) is 0 Å². The second-order valence-corrected chi connectivity index (χ2v) is 5.96. The molecule has 0 unspecified atom stereocenters. The Morgan fingerprint density at radius 3 is 2.62 bits per heavy atom. The number of rotatable bonds is 3. The molecule has 0 aliphatic carbocycles. The van der Waals surface area contributed by atoms with E-state index in [-0.39, 0.29) is 21.2 Å². The van der Waals surface area contributed by atoms with E-state index in [9.17, 15) is 17.6 Å². The van der Waals surface area contributed by atoms with Gasteiger partial charge in [0, 0.05) is 6.20 Å². The lowest BCUT2D eigenvalue weighted by atomic mass is 10.2. The number of pyridine rings is 1. The van der Waals surface area contributed by atoms with Gasteiger partial charge in [-0.2, -0.15) is 0 Å².